The minimum atomic E-state index is -0.807. The van der Waals surface area contributed by atoms with Gasteiger partial charge in [-0.1, -0.05) is 6.07 Å². The van der Waals surface area contributed by atoms with Crippen LogP contribution in [0.2, 0.25) is 0 Å². The highest BCUT2D eigenvalue weighted by Crippen LogP contribution is 2.23. The molecule has 2 rings (SSSR count). The predicted molar refractivity (Wildman–Crippen MR) is 79.0 cm³/mol. The second-order valence-corrected chi connectivity index (χ2v) is 6.35. The molecule has 108 valence electrons. The Morgan fingerprint density at radius 1 is 1.30 bits per heavy atom. The van der Waals surface area contributed by atoms with E-state index in [1.165, 1.54) is 16.0 Å². The molecule has 0 aromatic heterocycles. The van der Waals surface area contributed by atoms with Crippen LogP contribution in [-0.4, -0.2) is 40.7 Å². The van der Waals surface area contributed by atoms with Crippen LogP contribution in [0.3, 0.4) is 0 Å². The molecule has 1 aromatic rings. The maximum absolute atomic E-state index is 11.8. The van der Waals surface area contributed by atoms with Gasteiger partial charge in [-0.15, -0.1) is 11.8 Å². The number of carbonyl (C=O) groups is 2. The molecule has 0 saturated carbocycles. The molecule has 0 unspecified atom stereocenters. The third-order valence-corrected chi connectivity index (χ3v) is 4.64. The van der Waals surface area contributed by atoms with Gasteiger partial charge in [0.1, 0.15) is 0 Å². The number of benzene rings is 1. The number of amides is 1. The standard InChI is InChI=1S/C15H19NO3S/c1-10-3-4-13(7-11(10)2)20-6-5-14(17)16-8-12(9-16)15(18)19/h3-4,7,12H,5-6,8-9H2,1-2H3,(H,18,19). The molecule has 0 bridgehead atoms. The first-order valence-electron chi connectivity index (χ1n) is 6.68. The van der Waals surface area contributed by atoms with Crippen LogP contribution in [0.5, 0.6) is 0 Å². The number of carboxylic acids is 1. The first-order chi connectivity index (χ1) is 9.47. The summed E-state index contributed by atoms with van der Waals surface area (Å²) in [5.41, 5.74) is 2.53. The van der Waals surface area contributed by atoms with Gasteiger partial charge in [0.25, 0.3) is 0 Å². The predicted octanol–water partition coefficient (Wildman–Crippen LogP) is 2.33. The molecule has 1 aromatic carbocycles. The number of thioether (sulfide) groups is 1. The van der Waals surface area contributed by atoms with E-state index < -0.39 is 5.97 Å². The summed E-state index contributed by atoms with van der Waals surface area (Å²) >= 11 is 1.67. The average molecular weight is 293 g/mol. The lowest BCUT2D eigenvalue weighted by atomic mass is 10.0. The number of aryl methyl sites for hydroxylation is 2. The molecule has 4 nitrogen and oxygen atoms in total. The van der Waals surface area contributed by atoms with E-state index in [1.807, 2.05) is 0 Å². The van der Waals surface area contributed by atoms with Gasteiger partial charge in [0.15, 0.2) is 0 Å². The zero-order chi connectivity index (χ0) is 14.7. The molecule has 1 aliphatic heterocycles. The van der Waals surface area contributed by atoms with Crippen molar-refractivity contribution in [1.29, 1.82) is 0 Å². The molecule has 1 saturated heterocycles. The number of nitrogens with zero attached hydrogens (tertiary/aromatic N) is 1. The second-order valence-electron chi connectivity index (χ2n) is 5.18. The van der Waals surface area contributed by atoms with Gasteiger partial charge < -0.3 is 10.0 Å². The highest BCUT2D eigenvalue weighted by Gasteiger charge is 2.34. The van der Waals surface area contributed by atoms with Crippen molar-refractivity contribution in [2.24, 2.45) is 5.92 Å². The molecule has 0 atom stereocenters. The highest BCUT2D eigenvalue weighted by atomic mass is 32.2. The van der Waals surface area contributed by atoms with Gasteiger partial charge in [-0.2, -0.15) is 0 Å². The normalized spacial score (nSPS) is 15.0. The maximum Gasteiger partial charge on any atom is 0.310 e. The number of likely N-dealkylation sites (tertiary alicyclic amines) is 1. The topological polar surface area (TPSA) is 57.6 Å². The van der Waals surface area contributed by atoms with E-state index in [0.29, 0.717) is 19.5 Å². The number of carboxylic acid groups (broad SMARTS) is 1. The lowest BCUT2D eigenvalue weighted by molar-refractivity contribution is -0.152. The van der Waals surface area contributed by atoms with E-state index in [-0.39, 0.29) is 11.8 Å². The minimum Gasteiger partial charge on any atom is -0.481 e. The summed E-state index contributed by atoms with van der Waals surface area (Å²) in [7, 11) is 0. The van der Waals surface area contributed by atoms with E-state index in [2.05, 4.69) is 32.0 Å². The Labute approximate surface area is 123 Å². The van der Waals surface area contributed by atoms with E-state index >= 15 is 0 Å². The summed E-state index contributed by atoms with van der Waals surface area (Å²) in [6.07, 6.45) is 0.462. The molecule has 0 aliphatic carbocycles. The Balaban J connectivity index is 1.72. The second kappa shape index (κ2) is 6.31. The summed E-state index contributed by atoms with van der Waals surface area (Å²) < 4.78 is 0. The van der Waals surface area contributed by atoms with Gasteiger partial charge in [0.2, 0.25) is 5.91 Å². The number of hydrogen-bond acceptors (Lipinski definition) is 3. The average Bonchev–Trinajstić information content (AvgIpc) is 2.31. The van der Waals surface area contributed by atoms with Crippen molar-refractivity contribution in [3.63, 3.8) is 0 Å². The molecule has 1 amide bonds. The Morgan fingerprint density at radius 3 is 2.60 bits per heavy atom. The summed E-state index contributed by atoms with van der Waals surface area (Å²) in [5.74, 6) is -0.390. The zero-order valence-corrected chi connectivity index (χ0v) is 12.6. The Bertz CT molecular complexity index is 524. The van der Waals surface area contributed by atoms with Gasteiger partial charge >= 0.3 is 5.97 Å². The van der Waals surface area contributed by atoms with Crippen LogP contribution in [0.25, 0.3) is 0 Å². The molecule has 1 fully saturated rings. The van der Waals surface area contributed by atoms with Gasteiger partial charge in [0, 0.05) is 30.2 Å². The van der Waals surface area contributed by atoms with E-state index in [0.717, 1.165) is 5.75 Å². The van der Waals surface area contributed by atoms with Crippen LogP contribution in [0.1, 0.15) is 17.5 Å². The summed E-state index contributed by atoms with van der Waals surface area (Å²) in [4.78, 5) is 25.3. The molecule has 0 spiro atoms. The van der Waals surface area contributed by atoms with Crippen molar-refractivity contribution in [3.8, 4) is 0 Å². The summed E-state index contributed by atoms with van der Waals surface area (Å²) in [5, 5.41) is 8.76. The van der Waals surface area contributed by atoms with Gasteiger partial charge in [-0.05, 0) is 37.1 Å². The van der Waals surface area contributed by atoms with Crippen molar-refractivity contribution >= 4 is 23.6 Å². The fraction of sp³-hybridized carbons (Fsp3) is 0.467. The third-order valence-electron chi connectivity index (χ3n) is 3.65. The third kappa shape index (κ3) is 3.54. The fourth-order valence-electron chi connectivity index (χ4n) is 2.06. The maximum atomic E-state index is 11.8. The quantitative estimate of drug-likeness (QED) is 0.847. The number of rotatable bonds is 5. The lowest BCUT2D eigenvalue weighted by Gasteiger charge is -2.36. The molecular formula is C15H19NO3S. The number of hydrogen-bond donors (Lipinski definition) is 1. The Kier molecular flexibility index (Phi) is 4.70. The van der Waals surface area contributed by atoms with Crippen molar-refractivity contribution in [2.75, 3.05) is 18.8 Å². The van der Waals surface area contributed by atoms with Gasteiger partial charge in [-0.3, -0.25) is 9.59 Å². The van der Waals surface area contributed by atoms with E-state index in [1.54, 1.807) is 16.7 Å². The minimum absolute atomic E-state index is 0.0545. The molecule has 1 N–H and O–H groups in total. The fourth-order valence-corrected chi connectivity index (χ4v) is 2.99. The van der Waals surface area contributed by atoms with Crippen LogP contribution in [-0.2, 0) is 9.59 Å². The highest BCUT2D eigenvalue weighted by molar-refractivity contribution is 7.99. The van der Waals surface area contributed by atoms with Crippen molar-refractivity contribution in [3.05, 3.63) is 29.3 Å². The number of carbonyl (C=O) groups excluding carboxylic acids is 1. The van der Waals surface area contributed by atoms with E-state index in [9.17, 15) is 9.59 Å². The molecular weight excluding hydrogens is 274 g/mol. The smallest absolute Gasteiger partial charge is 0.310 e. The van der Waals surface area contributed by atoms with Gasteiger partial charge in [-0.25, -0.2) is 0 Å². The lowest BCUT2D eigenvalue weighted by Crippen LogP contribution is -2.53. The van der Waals surface area contributed by atoms with Gasteiger partial charge in [0.05, 0.1) is 5.92 Å². The van der Waals surface area contributed by atoms with Crippen molar-refractivity contribution < 1.29 is 14.7 Å². The molecule has 5 heteroatoms. The van der Waals surface area contributed by atoms with Crippen molar-refractivity contribution in [2.45, 2.75) is 25.2 Å². The molecule has 20 heavy (non-hydrogen) atoms. The zero-order valence-electron chi connectivity index (χ0n) is 11.8. The molecule has 1 aliphatic rings. The summed E-state index contributed by atoms with van der Waals surface area (Å²) in [6.45, 7) is 4.89. The molecule has 0 radical (unpaired) electrons. The van der Waals surface area contributed by atoms with Crippen molar-refractivity contribution in [1.82, 2.24) is 4.90 Å². The van der Waals surface area contributed by atoms with Crippen LogP contribution in [0.4, 0.5) is 0 Å². The number of aliphatic carboxylic acids is 1. The van der Waals surface area contributed by atoms with Crippen LogP contribution in [0.15, 0.2) is 23.1 Å². The first kappa shape index (κ1) is 14.9. The summed E-state index contributed by atoms with van der Waals surface area (Å²) in [6, 6.07) is 6.29. The Morgan fingerprint density at radius 2 is 2.00 bits per heavy atom. The van der Waals surface area contributed by atoms with E-state index in [4.69, 9.17) is 5.11 Å². The SMILES string of the molecule is Cc1ccc(SCCC(=O)N2CC(C(=O)O)C2)cc1C. The van der Waals surface area contributed by atoms with Crippen LogP contribution in [0, 0.1) is 19.8 Å². The largest absolute Gasteiger partial charge is 0.481 e. The van der Waals surface area contributed by atoms with Crippen LogP contribution >= 0.6 is 11.8 Å². The first-order valence-corrected chi connectivity index (χ1v) is 7.66. The van der Waals surface area contributed by atoms with Crippen LogP contribution < -0.4 is 0 Å². The molecule has 1 heterocycles. The Hall–Kier alpha value is -1.49. The monoisotopic (exact) mass is 293 g/mol.